The van der Waals surface area contributed by atoms with E-state index in [0.29, 0.717) is 6.61 Å². The summed E-state index contributed by atoms with van der Waals surface area (Å²) in [7, 11) is 0. The Morgan fingerprint density at radius 2 is 2.54 bits per heavy atom. The van der Waals surface area contributed by atoms with Crippen LogP contribution >= 0.6 is 0 Å². The zero-order valence-corrected chi connectivity index (χ0v) is 7.98. The molecular weight excluding hydrogens is 169 g/mol. The molecule has 1 fully saturated rings. The van der Waals surface area contributed by atoms with Crippen LogP contribution < -0.4 is 5.32 Å². The highest BCUT2D eigenvalue weighted by Gasteiger charge is 2.40. The lowest BCUT2D eigenvalue weighted by Gasteiger charge is -2.27. The van der Waals surface area contributed by atoms with E-state index >= 15 is 0 Å². The van der Waals surface area contributed by atoms with Crippen molar-refractivity contribution in [2.24, 2.45) is 5.92 Å². The summed E-state index contributed by atoms with van der Waals surface area (Å²) in [5.41, 5.74) is -0.332. The number of halogens is 1. The van der Waals surface area contributed by atoms with Gasteiger partial charge in [0.15, 0.2) is 0 Å². The van der Waals surface area contributed by atoms with Crippen LogP contribution in [0.5, 0.6) is 0 Å². The molecule has 0 aromatic carbocycles. The molecule has 0 bridgehead atoms. The Kier molecular flexibility index (Phi) is 2.28. The van der Waals surface area contributed by atoms with E-state index in [-0.39, 0.29) is 5.92 Å². The van der Waals surface area contributed by atoms with Crippen molar-refractivity contribution in [2.75, 3.05) is 19.7 Å². The number of rotatable bonds is 2. The minimum absolute atomic E-state index is 0.125. The zero-order valence-electron chi connectivity index (χ0n) is 7.98. The van der Waals surface area contributed by atoms with Crippen LogP contribution in [0.25, 0.3) is 0 Å². The second kappa shape index (κ2) is 3.29. The fraction of sp³-hybridized carbons (Fsp3) is 0.800. The van der Waals surface area contributed by atoms with E-state index < -0.39 is 5.67 Å². The highest BCUT2D eigenvalue weighted by molar-refractivity contribution is 5.18. The minimum Gasteiger partial charge on any atom is -0.501 e. The normalized spacial score (nSPS) is 32.5. The molecule has 2 nitrogen and oxygen atoms in total. The van der Waals surface area contributed by atoms with Crippen LogP contribution in [0.2, 0.25) is 0 Å². The molecule has 2 atom stereocenters. The summed E-state index contributed by atoms with van der Waals surface area (Å²) in [6.45, 7) is 4.07. The molecule has 0 aliphatic carbocycles. The Bertz CT molecular complexity index is 219. The Morgan fingerprint density at radius 3 is 3.08 bits per heavy atom. The van der Waals surface area contributed by atoms with Crippen LogP contribution in [-0.2, 0) is 4.74 Å². The molecule has 13 heavy (non-hydrogen) atoms. The number of alkyl halides is 1. The highest BCUT2D eigenvalue weighted by atomic mass is 19.1. The smallest absolute Gasteiger partial charge is 0.136 e. The van der Waals surface area contributed by atoms with Crippen molar-refractivity contribution in [1.82, 2.24) is 5.32 Å². The number of nitrogens with one attached hydrogen (secondary N) is 1. The van der Waals surface area contributed by atoms with Crippen molar-refractivity contribution >= 4 is 0 Å². The van der Waals surface area contributed by atoms with E-state index in [0.717, 1.165) is 31.5 Å². The molecule has 0 saturated carbocycles. The molecule has 0 radical (unpaired) electrons. The quantitative estimate of drug-likeness (QED) is 0.706. The van der Waals surface area contributed by atoms with Gasteiger partial charge in [-0.05, 0) is 19.9 Å². The number of ether oxygens (including phenoxy) is 1. The Balaban J connectivity index is 2.08. The van der Waals surface area contributed by atoms with Crippen LogP contribution in [0.1, 0.15) is 19.8 Å². The van der Waals surface area contributed by atoms with Crippen molar-refractivity contribution < 1.29 is 9.13 Å². The molecule has 0 aromatic rings. The maximum Gasteiger partial charge on any atom is 0.136 e. The van der Waals surface area contributed by atoms with E-state index in [1.54, 1.807) is 13.2 Å². The molecule has 1 N–H and O–H groups in total. The molecule has 0 spiro atoms. The number of hydrogen-bond donors (Lipinski definition) is 1. The average molecular weight is 185 g/mol. The summed E-state index contributed by atoms with van der Waals surface area (Å²) in [4.78, 5) is 0. The maximum absolute atomic E-state index is 14.3. The summed E-state index contributed by atoms with van der Waals surface area (Å²) in [6, 6.07) is 0. The predicted molar refractivity (Wildman–Crippen MR) is 49.1 cm³/mol. The Labute approximate surface area is 78.2 Å². The van der Waals surface area contributed by atoms with E-state index in [2.05, 4.69) is 5.32 Å². The van der Waals surface area contributed by atoms with Crippen molar-refractivity contribution in [2.45, 2.75) is 25.4 Å². The topological polar surface area (TPSA) is 21.3 Å². The van der Waals surface area contributed by atoms with Gasteiger partial charge in [-0.15, -0.1) is 0 Å². The van der Waals surface area contributed by atoms with Gasteiger partial charge in [0.25, 0.3) is 0 Å². The average Bonchev–Trinajstić information content (AvgIpc) is 2.78. The van der Waals surface area contributed by atoms with Gasteiger partial charge >= 0.3 is 0 Å². The first-order chi connectivity index (χ1) is 6.21. The van der Waals surface area contributed by atoms with Gasteiger partial charge in [-0.2, -0.15) is 0 Å². The lowest BCUT2D eigenvalue weighted by Crippen LogP contribution is -2.33. The third kappa shape index (κ3) is 1.57. The fourth-order valence-electron chi connectivity index (χ4n) is 2.13. The fourth-order valence-corrected chi connectivity index (χ4v) is 2.13. The summed E-state index contributed by atoms with van der Waals surface area (Å²) < 4.78 is 19.4. The Morgan fingerprint density at radius 1 is 1.69 bits per heavy atom. The lowest BCUT2D eigenvalue weighted by molar-refractivity contribution is 0.154. The molecule has 0 amide bonds. The van der Waals surface area contributed by atoms with Gasteiger partial charge in [0.2, 0.25) is 0 Å². The van der Waals surface area contributed by atoms with Crippen LogP contribution in [0.15, 0.2) is 11.8 Å². The van der Waals surface area contributed by atoms with Crippen molar-refractivity contribution in [3.05, 3.63) is 11.8 Å². The second-order valence-electron chi connectivity index (χ2n) is 4.03. The lowest BCUT2D eigenvalue weighted by atomic mass is 9.83. The monoisotopic (exact) mass is 185 g/mol. The van der Waals surface area contributed by atoms with E-state index in [4.69, 9.17) is 4.74 Å². The van der Waals surface area contributed by atoms with Gasteiger partial charge < -0.3 is 10.1 Å². The molecule has 2 aliphatic heterocycles. The van der Waals surface area contributed by atoms with Gasteiger partial charge in [-0.3, -0.25) is 0 Å². The van der Waals surface area contributed by atoms with E-state index in [1.165, 1.54) is 0 Å². The van der Waals surface area contributed by atoms with Crippen molar-refractivity contribution in [3.8, 4) is 0 Å². The Hall–Kier alpha value is -0.570. The molecule has 3 heteroatoms. The molecule has 2 aliphatic rings. The van der Waals surface area contributed by atoms with Crippen LogP contribution in [0, 0.1) is 5.92 Å². The molecule has 2 unspecified atom stereocenters. The van der Waals surface area contributed by atoms with Crippen LogP contribution in [0.4, 0.5) is 4.39 Å². The van der Waals surface area contributed by atoms with Gasteiger partial charge in [0.05, 0.1) is 12.9 Å². The molecular formula is C10H16FNO. The second-order valence-corrected chi connectivity index (χ2v) is 4.03. The molecule has 1 saturated heterocycles. The van der Waals surface area contributed by atoms with Crippen LogP contribution in [0.3, 0.4) is 0 Å². The summed E-state index contributed by atoms with van der Waals surface area (Å²) in [6.07, 6.45) is 3.30. The van der Waals surface area contributed by atoms with E-state index in [9.17, 15) is 4.39 Å². The molecule has 74 valence electrons. The predicted octanol–water partition coefficient (Wildman–Crippen LogP) is 1.63. The van der Waals surface area contributed by atoms with Crippen LogP contribution in [-0.4, -0.2) is 25.4 Å². The summed E-state index contributed by atoms with van der Waals surface area (Å²) in [5, 5.41) is 3.19. The molecule has 0 aromatic heterocycles. The van der Waals surface area contributed by atoms with Gasteiger partial charge in [-0.1, -0.05) is 0 Å². The summed E-state index contributed by atoms with van der Waals surface area (Å²) in [5.74, 6) is 0.125. The van der Waals surface area contributed by atoms with Crippen molar-refractivity contribution in [1.29, 1.82) is 0 Å². The maximum atomic E-state index is 14.3. The third-order valence-electron chi connectivity index (χ3n) is 3.17. The van der Waals surface area contributed by atoms with Gasteiger partial charge in [-0.25, -0.2) is 4.39 Å². The first kappa shape index (κ1) is 9.00. The standard InChI is InChI=1S/C10H16FNO/c1-10(11,8-2-4-12-6-8)9-3-5-13-7-9/h7-8,12H,2-6H2,1H3. The zero-order chi connectivity index (χ0) is 9.31. The first-order valence-corrected chi connectivity index (χ1v) is 4.92. The molecule has 2 heterocycles. The highest BCUT2D eigenvalue weighted by Crippen LogP contribution is 2.37. The third-order valence-corrected chi connectivity index (χ3v) is 3.17. The summed E-state index contributed by atoms with van der Waals surface area (Å²) >= 11 is 0. The molecule has 2 rings (SSSR count). The largest absolute Gasteiger partial charge is 0.501 e. The first-order valence-electron chi connectivity index (χ1n) is 4.92. The van der Waals surface area contributed by atoms with E-state index in [1.807, 2.05) is 0 Å². The number of hydrogen-bond acceptors (Lipinski definition) is 2. The van der Waals surface area contributed by atoms with Gasteiger partial charge in [0.1, 0.15) is 5.67 Å². The minimum atomic E-state index is -1.17. The van der Waals surface area contributed by atoms with Crippen molar-refractivity contribution in [3.63, 3.8) is 0 Å². The van der Waals surface area contributed by atoms with Gasteiger partial charge in [0, 0.05) is 24.5 Å². The SMILES string of the molecule is CC(F)(C1=COCC1)C1CCNC1.